The first-order chi connectivity index (χ1) is 13.2. The van der Waals surface area contributed by atoms with Crippen LogP contribution in [0.4, 0.5) is 0 Å². The van der Waals surface area contributed by atoms with Crippen LogP contribution in [0.3, 0.4) is 0 Å². The Balaban J connectivity index is 1.63. The van der Waals surface area contributed by atoms with E-state index in [9.17, 15) is 9.59 Å². The minimum absolute atomic E-state index is 0.0547. The van der Waals surface area contributed by atoms with Gasteiger partial charge in [-0.05, 0) is 35.9 Å². The van der Waals surface area contributed by atoms with E-state index in [1.165, 1.54) is 4.57 Å². The number of rotatable bonds is 3. The van der Waals surface area contributed by atoms with E-state index in [1.54, 1.807) is 35.2 Å². The number of carbonyl (C=O) groups excluding carboxylic acids is 1. The SMILES string of the molecule is N#Cc1ccc(Cn2c(=O)oc3cc(C(=O)N4CCNCC4)ccc32)cc1. The quantitative estimate of drug-likeness (QED) is 0.763. The van der Waals surface area contributed by atoms with Gasteiger partial charge in [0.15, 0.2) is 5.58 Å². The molecule has 27 heavy (non-hydrogen) atoms. The van der Waals surface area contributed by atoms with Gasteiger partial charge in [0.2, 0.25) is 0 Å². The molecule has 0 saturated carbocycles. The lowest BCUT2D eigenvalue weighted by Gasteiger charge is -2.27. The van der Waals surface area contributed by atoms with Crippen molar-refractivity contribution in [2.24, 2.45) is 0 Å². The van der Waals surface area contributed by atoms with Crippen molar-refractivity contribution < 1.29 is 9.21 Å². The third kappa shape index (κ3) is 3.35. The van der Waals surface area contributed by atoms with Crippen LogP contribution in [0.1, 0.15) is 21.5 Å². The molecule has 136 valence electrons. The summed E-state index contributed by atoms with van der Waals surface area (Å²) in [5, 5.41) is 12.1. The molecule has 1 saturated heterocycles. The van der Waals surface area contributed by atoms with Crippen molar-refractivity contribution in [2.45, 2.75) is 6.54 Å². The zero-order valence-electron chi connectivity index (χ0n) is 14.6. The topological polar surface area (TPSA) is 91.3 Å². The summed E-state index contributed by atoms with van der Waals surface area (Å²) in [4.78, 5) is 26.7. The van der Waals surface area contributed by atoms with Gasteiger partial charge >= 0.3 is 5.76 Å². The maximum absolute atomic E-state index is 12.6. The van der Waals surface area contributed by atoms with Gasteiger partial charge in [0.05, 0.1) is 23.7 Å². The summed E-state index contributed by atoms with van der Waals surface area (Å²) in [6.07, 6.45) is 0. The molecule has 0 aliphatic carbocycles. The van der Waals surface area contributed by atoms with Crippen molar-refractivity contribution >= 4 is 17.0 Å². The molecule has 7 nitrogen and oxygen atoms in total. The minimum Gasteiger partial charge on any atom is -0.408 e. The van der Waals surface area contributed by atoms with E-state index in [2.05, 4.69) is 11.4 Å². The molecule has 1 amide bonds. The second-order valence-electron chi connectivity index (χ2n) is 6.49. The number of oxazole rings is 1. The molecule has 0 spiro atoms. The number of aromatic nitrogens is 1. The number of carbonyl (C=O) groups is 1. The van der Waals surface area contributed by atoms with Crippen LogP contribution in [-0.4, -0.2) is 41.6 Å². The molecule has 0 atom stereocenters. The second kappa shape index (κ2) is 7.09. The molecule has 3 aromatic rings. The number of hydrogen-bond acceptors (Lipinski definition) is 5. The highest BCUT2D eigenvalue weighted by atomic mass is 16.4. The minimum atomic E-state index is -0.471. The summed E-state index contributed by atoms with van der Waals surface area (Å²) in [6.45, 7) is 3.23. The predicted octanol–water partition coefficient (Wildman–Crippen LogP) is 1.56. The standard InChI is InChI=1S/C20H18N4O3/c21-12-14-1-3-15(4-2-14)13-24-17-6-5-16(11-18(17)27-20(24)26)19(25)23-9-7-22-8-10-23/h1-6,11,22H,7-10,13H2. The third-order valence-electron chi connectivity index (χ3n) is 4.74. The van der Waals surface area contributed by atoms with Gasteiger partial charge in [0, 0.05) is 31.7 Å². The van der Waals surface area contributed by atoms with Crippen molar-refractivity contribution in [1.82, 2.24) is 14.8 Å². The van der Waals surface area contributed by atoms with Crippen LogP contribution in [0.2, 0.25) is 0 Å². The number of benzene rings is 2. The summed E-state index contributed by atoms with van der Waals surface area (Å²) < 4.78 is 6.89. The van der Waals surface area contributed by atoms with Gasteiger partial charge in [0.25, 0.3) is 5.91 Å². The molecule has 1 aliphatic rings. The van der Waals surface area contributed by atoms with Crippen LogP contribution in [-0.2, 0) is 6.54 Å². The summed E-state index contributed by atoms with van der Waals surface area (Å²) in [5.74, 6) is -0.526. The van der Waals surface area contributed by atoms with E-state index in [0.29, 0.717) is 41.9 Å². The van der Waals surface area contributed by atoms with Gasteiger partial charge in [-0.15, -0.1) is 0 Å². The van der Waals surface area contributed by atoms with E-state index in [4.69, 9.17) is 9.68 Å². The molecule has 0 radical (unpaired) electrons. The van der Waals surface area contributed by atoms with Crippen molar-refractivity contribution in [3.8, 4) is 6.07 Å². The maximum atomic E-state index is 12.6. The van der Waals surface area contributed by atoms with Crippen molar-refractivity contribution in [3.63, 3.8) is 0 Å². The molecule has 1 aromatic heterocycles. The van der Waals surface area contributed by atoms with Gasteiger partial charge < -0.3 is 14.6 Å². The Morgan fingerprint density at radius 1 is 1.15 bits per heavy atom. The summed E-state index contributed by atoms with van der Waals surface area (Å²) in [6, 6.07) is 14.2. The van der Waals surface area contributed by atoms with Gasteiger partial charge in [-0.2, -0.15) is 5.26 Å². The molecule has 0 unspecified atom stereocenters. The van der Waals surface area contributed by atoms with Crippen LogP contribution in [0, 0.1) is 11.3 Å². The first-order valence-electron chi connectivity index (χ1n) is 8.78. The third-order valence-corrected chi connectivity index (χ3v) is 4.74. The first kappa shape index (κ1) is 17.1. The van der Waals surface area contributed by atoms with E-state index >= 15 is 0 Å². The number of nitrogens with zero attached hydrogens (tertiary/aromatic N) is 3. The molecular weight excluding hydrogens is 344 g/mol. The van der Waals surface area contributed by atoms with Crippen LogP contribution in [0.25, 0.3) is 11.1 Å². The molecule has 1 aliphatic heterocycles. The Morgan fingerprint density at radius 2 is 1.89 bits per heavy atom. The highest BCUT2D eigenvalue weighted by Gasteiger charge is 2.19. The lowest BCUT2D eigenvalue weighted by molar-refractivity contribution is 0.0736. The van der Waals surface area contributed by atoms with Crippen molar-refractivity contribution in [1.29, 1.82) is 5.26 Å². The summed E-state index contributed by atoms with van der Waals surface area (Å²) in [5.41, 5.74) is 3.01. The number of hydrogen-bond donors (Lipinski definition) is 1. The number of amides is 1. The normalized spacial score (nSPS) is 14.3. The first-order valence-corrected chi connectivity index (χ1v) is 8.78. The molecule has 1 N–H and O–H groups in total. The van der Waals surface area contributed by atoms with Gasteiger partial charge in [-0.3, -0.25) is 9.36 Å². The molecule has 2 aromatic carbocycles. The molecule has 2 heterocycles. The highest BCUT2D eigenvalue weighted by Crippen LogP contribution is 2.18. The molecule has 7 heteroatoms. The Bertz CT molecular complexity index is 1080. The van der Waals surface area contributed by atoms with Gasteiger partial charge in [0.1, 0.15) is 0 Å². The van der Waals surface area contributed by atoms with Gasteiger partial charge in [-0.25, -0.2) is 4.79 Å². The average Bonchev–Trinajstić information content (AvgIpc) is 3.03. The average molecular weight is 362 g/mol. The fraction of sp³-hybridized carbons (Fsp3) is 0.250. The van der Waals surface area contributed by atoms with E-state index < -0.39 is 5.76 Å². The zero-order chi connectivity index (χ0) is 18.8. The number of nitrogens with one attached hydrogen (secondary N) is 1. The second-order valence-corrected chi connectivity index (χ2v) is 6.49. The Hall–Kier alpha value is -3.37. The molecule has 4 rings (SSSR count). The van der Waals surface area contributed by atoms with E-state index in [-0.39, 0.29) is 5.91 Å². The van der Waals surface area contributed by atoms with Crippen LogP contribution in [0.15, 0.2) is 51.7 Å². The molecular formula is C20H18N4O3. The summed E-state index contributed by atoms with van der Waals surface area (Å²) in [7, 11) is 0. The largest absolute Gasteiger partial charge is 0.420 e. The molecule has 0 bridgehead atoms. The Morgan fingerprint density at radius 3 is 2.59 bits per heavy atom. The number of nitriles is 1. The zero-order valence-corrected chi connectivity index (χ0v) is 14.6. The fourth-order valence-electron chi connectivity index (χ4n) is 3.27. The predicted molar refractivity (Wildman–Crippen MR) is 99.5 cm³/mol. The van der Waals surface area contributed by atoms with E-state index in [1.807, 2.05) is 12.1 Å². The highest BCUT2D eigenvalue weighted by molar-refractivity contribution is 5.97. The van der Waals surface area contributed by atoms with Crippen LogP contribution >= 0.6 is 0 Å². The smallest absolute Gasteiger partial charge is 0.408 e. The van der Waals surface area contributed by atoms with Gasteiger partial charge in [-0.1, -0.05) is 12.1 Å². The Kier molecular flexibility index (Phi) is 4.48. The number of piperazine rings is 1. The van der Waals surface area contributed by atoms with Crippen LogP contribution in [0.5, 0.6) is 0 Å². The monoisotopic (exact) mass is 362 g/mol. The molecule has 1 fully saturated rings. The van der Waals surface area contributed by atoms with Crippen molar-refractivity contribution in [2.75, 3.05) is 26.2 Å². The lowest BCUT2D eigenvalue weighted by Crippen LogP contribution is -2.46. The van der Waals surface area contributed by atoms with E-state index in [0.717, 1.165) is 18.7 Å². The lowest BCUT2D eigenvalue weighted by atomic mass is 10.1. The fourth-order valence-corrected chi connectivity index (χ4v) is 3.27. The Labute approximate surface area is 155 Å². The summed E-state index contributed by atoms with van der Waals surface area (Å²) >= 11 is 0. The van der Waals surface area contributed by atoms with Crippen molar-refractivity contribution in [3.05, 3.63) is 69.7 Å². The number of fused-ring (bicyclic) bond motifs is 1. The maximum Gasteiger partial charge on any atom is 0.420 e. The van der Waals surface area contributed by atoms with Crippen LogP contribution < -0.4 is 11.1 Å².